The molecule has 3 rings (SSSR count). The van der Waals surface area contributed by atoms with Gasteiger partial charge in [-0.2, -0.15) is 5.10 Å². The summed E-state index contributed by atoms with van der Waals surface area (Å²) in [6, 6.07) is 15.0. The van der Waals surface area contributed by atoms with Gasteiger partial charge in [0.1, 0.15) is 5.75 Å². The number of hydrogen-bond donors (Lipinski definition) is 1. The molecule has 3 aromatic rings. The van der Waals surface area contributed by atoms with Gasteiger partial charge in [-0.1, -0.05) is 12.1 Å². The quantitative estimate of drug-likeness (QED) is 0.559. The minimum atomic E-state index is 0.00878. The SMILES string of the molecule is CCOc1ccc(-c2n[nH]c(=S)n2-c2cccc(C(C)=O)c2)cc1. The third-order valence-electron chi connectivity index (χ3n) is 3.61. The second-order valence-corrected chi connectivity index (χ2v) is 5.64. The van der Waals surface area contributed by atoms with Crippen LogP contribution in [0.4, 0.5) is 0 Å². The van der Waals surface area contributed by atoms with E-state index in [2.05, 4.69) is 10.2 Å². The van der Waals surface area contributed by atoms with Crippen molar-refractivity contribution in [2.24, 2.45) is 0 Å². The molecule has 1 N–H and O–H groups in total. The van der Waals surface area contributed by atoms with Crippen LogP contribution in [-0.2, 0) is 0 Å². The number of hydrogen-bond acceptors (Lipinski definition) is 4. The second kappa shape index (κ2) is 6.80. The third-order valence-corrected chi connectivity index (χ3v) is 3.88. The van der Waals surface area contributed by atoms with Crippen LogP contribution >= 0.6 is 12.2 Å². The first kappa shape index (κ1) is 16.1. The van der Waals surface area contributed by atoms with Crippen molar-refractivity contribution in [3.05, 3.63) is 58.9 Å². The van der Waals surface area contributed by atoms with Gasteiger partial charge < -0.3 is 4.74 Å². The van der Waals surface area contributed by atoms with Crippen LogP contribution in [0.1, 0.15) is 24.2 Å². The maximum atomic E-state index is 11.6. The topological polar surface area (TPSA) is 59.9 Å². The Morgan fingerprint density at radius 1 is 1.25 bits per heavy atom. The molecule has 0 bridgehead atoms. The maximum absolute atomic E-state index is 11.6. The van der Waals surface area contributed by atoms with Gasteiger partial charge in [0.25, 0.3) is 0 Å². The average molecular weight is 339 g/mol. The molecule has 24 heavy (non-hydrogen) atoms. The molecule has 122 valence electrons. The zero-order valence-corrected chi connectivity index (χ0v) is 14.3. The fourth-order valence-electron chi connectivity index (χ4n) is 2.46. The molecule has 0 aliphatic heterocycles. The number of rotatable bonds is 5. The van der Waals surface area contributed by atoms with Crippen LogP contribution in [-0.4, -0.2) is 27.2 Å². The molecule has 0 amide bonds. The Labute approximate surface area is 144 Å². The standard InChI is InChI=1S/C18H17N3O2S/c1-3-23-16-9-7-13(8-10-16)17-19-20-18(24)21(17)15-6-4-5-14(11-15)12(2)22/h4-11H,3H2,1-2H3,(H,20,24). The van der Waals surface area contributed by atoms with Crippen molar-refractivity contribution in [3.8, 4) is 22.8 Å². The summed E-state index contributed by atoms with van der Waals surface area (Å²) >= 11 is 5.37. The molecule has 0 spiro atoms. The molecule has 1 heterocycles. The van der Waals surface area contributed by atoms with Gasteiger partial charge in [-0.05, 0) is 62.5 Å². The van der Waals surface area contributed by atoms with Gasteiger partial charge in [-0.25, -0.2) is 0 Å². The second-order valence-electron chi connectivity index (χ2n) is 5.25. The van der Waals surface area contributed by atoms with E-state index in [0.29, 0.717) is 22.8 Å². The molecule has 0 unspecified atom stereocenters. The number of aromatic nitrogens is 3. The fourth-order valence-corrected chi connectivity index (χ4v) is 2.70. The molecule has 6 heteroatoms. The molecular formula is C18H17N3O2S. The highest BCUT2D eigenvalue weighted by Gasteiger charge is 2.12. The zero-order valence-electron chi connectivity index (χ0n) is 13.4. The van der Waals surface area contributed by atoms with Crippen LogP contribution in [0.2, 0.25) is 0 Å². The highest BCUT2D eigenvalue weighted by atomic mass is 32.1. The average Bonchev–Trinajstić information content (AvgIpc) is 2.97. The van der Waals surface area contributed by atoms with Crippen molar-refractivity contribution in [2.45, 2.75) is 13.8 Å². The van der Waals surface area contributed by atoms with E-state index in [1.807, 2.05) is 54.0 Å². The molecule has 0 saturated heterocycles. The summed E-state index contributed by atoms with van der Waals surface area (Å²) in [6.07, 6.45) is 0. The molecule has 0 atom stereocenters. The maximum Gasteiger partial charge on any atom is 0.200 e. The van der Waals surface area contributed by atoms with Gasteiger partial charge in [-0.15, -0.1) is 0 Å². The first-order valence-electron chi connectivity index (χ1n) is 7.62. The number of H-pyrrole nitrogens is 1. The van der Waals surface area contributed by atoms with E-state index in [0.717, 1.165) is 17.0 Å². The van der Waals surface area contributed by atoms with Gasteiger partial charge in [0, 0.05) is 11.1 Å². The van der Waals surface area contributed by atoms with E-state index < -0.39 is 0 Å². The van der Waals surface area contributed by atoms with Gasteiger partial charge in [0.2, 0.25) is 0 Å². The Morgan fingerprint density at radius 3 is 2.67 bits per heavy atom. The van der Waals surface area contributed by atoms with Gasteiger partial charge in [0.05, 0.1) is 12.3 Å². The van der Waals surface area contributed by atoms with Crippen LogP contribution in [0.3, 0.4) is 0 Å². The highest BCUT2D eigenvalue weighted by Crippen LogP contribution is 2.24. The lowest BCUT2D eigenvalue weighted by atomic mass is 10.1. The van der Waals surface area contributed by atoms with Crippen molar-refractivity contribution < 1.29 is 9.53 Å². The number of Topliss-reactive ketones (excluding diaryl/α,β-unsaturated/α-hetero) is 1. The first-order valence-corrected chi connectivity index (χ1v) is 8.03. The van der Waals surface area contributed by atoms with Gasteiger partial charge in [-0.3, -0.25) is 14.5 Å². The lowest BCUT2D eigenvalue weighted by molar-refractivity contribution is 0.101. The summed E-state index contributed by atoms with van der Waals surface area (Å²) in [5.74, 6) is 1.50. The van der Waals surface area contributed by atoms with Gasteiger partial charge in [0.15, 0.2) is 16.4 Å². The molecule has 2 aromatic carbocycles. The van der Waals surface area contributed by atoms with Crippen molar-refractivity contribution in [3.63, 3.8) is 0 Å². The van der Waals surface area contributed by atoms with E-state index in [4.69, 9.17) is 17.0 Å². The largest absolute Gasteiger partial charge is 0.494 e. The Kier molecular flexibility index (Phi) is 4.57. The Balaban J connectivity index is 2.08. The normalized spacial score (nSPS) is 10.6. The zero-order chi connectivity index (χ0) is 17.1. The number of nitrogens with zero attached hydrogens (tertiary/aromatic N) is 2. The lowest BCUT2D eigenvalue weighted by Crippen LogP contribution is -2.00. The van der Waals surface area contributed by atoms with E-state index >= 15 is 0 Å². The highest BCUT2D eigenvalue weighted by molar-refractivity contribution is 7.71. The molecule has 0 saturated carbocycles. The van der Waals surface area contributed by atoms with Crippen LogP contribution in [0.25, 0.3) is 17.1 Å². The number of benzene rings is 2. The molecular weight excluding hydrogens is 322 g/mol. The van der Waals surface area contributed by atoms with Crippen LogP contribution in [0.15, 0.2) is 48.5 Å². The first-order chi connectivity index (χ1) is 11.6. The monoisotopic (exact) mass is 339 g/mol. The summed E-state index contributed by atoms with van der Waals surface area (Å²) in [7, 11) is 0. The molecule has 0 aliphatic rings. The Morgan fingerprint density at radius 2 is 2.00 bits per heavy atom. The number of ether oxygens (including phenoxy) is 1. The number of ketones is 1. The lowest BCUT2D eigenvalue weighted by Gasteiger charge is -2.09. The number of carbonyl (C=O) groups is 1. The summed E-state index contributed by atoms with van der Waals surface area (Å²) in [4.78, 5) is 11.6. The van der Waals surface area contributed by atoms with E-state index in [1.165, 1.54) is 0 Å². The van der Waals surface area contributed by atoms with E-state index in [9.17, 15) is 4.79 Å². The van der Waals surface area contributed by atoms with Crippen LogP contribution < -0.4 is 4.74 Å². The predicted octanol–water partition coefficient (Wildman–Crippen LogP) is 4.20. The number of aromatic amines is 1. The summed E-state index contributed by atoms with van der Waals surface area (Å²) in [5, 5.41) is 7.15. The summed E-state index contributed by atoms with van der Waals surface area (Å²) < 4.78 is 7.75. The summed E-state index contributed by atoms with van der Waals surface area (Å²) in [6.45, 7) is 4.11. The van der Waals surface area contributed by atoms with E-state index in [-0.39, 0.29) is 5.78 Å². The third kappa shape index (κ3) is 3.14. The summed E-state index contributed by atoms with van der Waals surface area (Å²) in [5.41, 5.74) is 2.33. The molecule has 0 aliphatic carbocycles. The van der Waals surface area contributed by atoms with Crippen LogP contribution in [0, 0.1) is 4.77 Å². The van der Waals surface area contributed by atoms with E-state index in [1.54, 1.807) is 13.0 Å². The minimum Gasteiger partial charge on any atom is -0.494 e. The smallest absolute Gasteiger partial charge is 0.200 e. The minimum absolute atomic E-state index is 0.00878. The number of nitrogens with one attached hydrogen (secondary N) is 1. The van der Waals surface area contributed by atoms with Crippen molar-refractivity contribution in [2.75, 3.05) is 6.61 Å². The molecule has 0 radical (unpaired) electrons. The van der Waals surface area contributed by atoms with Gasteiger partial charge >= 0.3 is 0 Å². The molecule has 1 aromatic heterocycles. The van der Waals surface area contributed by atoms with Crippen molar-refractivity contribution in [1.82, 2.24) is 14.8 Å². The Bertz CT molecular complexity index is 926. The van der Waals surface area contributed by atoms with Crippen LogP contribution in [0.5, 0.6) is 5.75 Å². The van der Waals surface area contributed by atoms with Crippen molar-refractivity contribution >= 4 is 18.0 Å². The van der Waals surface area contributed by atoms with Crippen molar-refractivity contribution in [1.29, 1.82) is 0 Å². The fraction of sp³-hybridized carbons (Fsp3) is 0.167. The molecule has 0 fully saturated rings. The Hall–Kier alpha value is -2.73. The number of carbonyl (C=O) groups excluding carboxylic acids is 1. The molecule has 5 nitrogen and oxygen atoms in total. The predicted molar refractivity (Wildman–Crippen MR) is 95.4 cm³/mol.